The number of nitrogen functional groups attached to an aromatic ring is 1. The summed E-state index contributed by atoms with van der Waals surface area (Å²) in [5, 5.41) is 3.25. The van der Waals surface area contributed by atoms with Crippen LogP contribution in [0.3, 0.4) is 0 Å². The molecule has 0 spiro atoms. The van der Waals surface area contributed by atoms with Gasteiger partial charge in [-0.05, 0) is 28.3 Å². The van der Waals surface area contributed by atoms with E-state index >= 15 is 0 Å². The van der Waals surface area contributed by atoms with E-state index in [1.807, 2.05) is 0 Å². The molecule has 0 aliphatic heterocycles. The van der Waals surface area contributed by atoms with Gasteiger partial charge in [0.1, 0.15) is 10.4 Å². The van der Waals surface area contributed by atoms with Crippen LogP contribution < -0.4 is 11.1 Å². The summed E-state index contributed by atoms with van der Waals surface area (Å²) in [5.41, 5.74) is 5.66. The Balaban J connectivity index is 2.47. The summed E-state index contributed by atoms with van der Waals surface area (Å²) in [6.45, 7) is 5.35. The first-order chi connectivity index (χ1) is 8.15. The number of aromatic nitrogens is 2. The summed E-state index contributed by atoms with van der Waals surface area (Å²) in [7, 11) is 0. The van der Waals surface area contributed by atoms with Crippen molar-refractivity contribution in [1.82, 2.24) is 9.97 Å². The summed E-state index contributed by atoms with van der Waals surface area (Å²) < 4.78 is 0.717. The number of halogens is 1. The first-order valence-corrected chi connectivity index (χ1v) is 6.98. The monoisotopic (exact) mass is 300 g/mol. The van der Waals surface area contributed by atoms with Gasteiger partial charge in [0.15, 0.2) is 0 Å². The van der Waals surface area contributed by atoms with E-state index in [0.29, 0.717) is 22.3 Å². The largest absolute Gasteiger partial charge is 0.383 e. The number of nitrogens with one attached hydrogen (secondary N) is 1. The molecule has 0 fully saturated rings. The van der Waals surface area contributed by atoms with Crippen LogP contribution in [-0.2, 0) is 0 Å². The average Bonchev–Trinajstić information content (AvgIpc) is 2.28. The van der Waals surface area contributed by atoms with Crippen molar-refractivity contribution in [2.45, 2.75) is 39.5 Å². The van der Waals surface area contributed by atoms with Gasteiger partial charge in [0.2, 0.25) is 5.95 Å². The molecule has 1 unspecified atom stereocenters. The normalized spacial score (nSPS) is 12.4. The highest BCUT2D eigenvalue weighted by Crippen LogP contribution is 2.15. The van der Waals surface area contributed by atoms with Gasteiger partial charge in [-0.2, -0.15) is 4.98 Å². The number of nitrogens with two attached hydrogens (primary N) is 1. The highest BCUT2D eigenvalue weighted by atomic mass is 79.9. The van der Waals surface area contributed by atoms with Gasteiger partial charge < -0.3 is 11.1 Å². The molecule has 1 heterocycles. The third-order valence-corrected chi connectivity index (χ3v) is 3.21. The van der Waals surface area contributed by atoms with Crippen molar-refractivity contribution in [2.24, 2.45) is 5.92 Å². The van der Waals surface area contributed by atoms with Crippen LogP contribution in [-0.4, -0.2) is 16.5 Å². The maximum atomic E-state index is 5.66. The second-order valence-corrected chi connectivity index (χ2v) is 5.05. The zero-order valence-electron chi connectivity index (χ0n) is 10.5. The molecule has 17 heavy (non-hydrogen) atoms. The van der Waals surface area contributed by atoms with E-state index in [9.17, 15) is 0 Å². The van der Waals surface area contributed by atoms with E-state index in [-0.39, 0.29) is 0 Å². The van der Waals surface area contributed by atoms with Crippen LogP contribution in [0.4, 0.5) is 11.8 Å². The van der Waals surface area contributed by atoms with Crippen molar-refractivity contribution in [2.75, 3.05) is 17.6 Å². The van der Waals surface area contributed by atoms with Gasteiger partial charge in [-0.1, -0.05) is 33.1 Å². The number of unbranched alkanes of at least 4 members (excludes halogenated alkanes) is 1. The van der Waals surface area contributed by atoms with E-state index in [4.69, 9.17) is 5.73 Å². The van der Waals surface area contributed by atoms with Gasteiger partial charge in [-0.25, -0.2) is 4.98 Å². The van der Waals surface area contributed by atoms with Crippen LogP contribution in [0.15, 0.2) is 10.7 Å². The molecule has 0 radical (unpaired) electrons. The number of hydrogen-bond acceptors (Lipinski definition) is 4. The summed E-state index contributed by atoms with van der Waals surface area (Å²) >= 11 is 3.31. The first-order valence-electron chi connectivity index (χ1n) is 6.19. The molecule has 1 aromatic heterocycles. The lowest BCUT2D eigenvalue weighted by Crippen LogP contribution is -2.15. The average molecular weight is 301 g/mol. The molecule has 0 saturated heterocycles. The molecule has 0 saturated carbocycles. The highest BCUT2D eigenvalue weighted by Gasteiger charge is 2.07. The van der Waals surface area contributed by atoms with Crippen molar-refractivity contribution >= 4 is 27.7 Å². The van der Waals surface area contributed by atoms with Gasteiger partial charge in [-0.3, -0.25) is 0 Å². The highest BCUT2D eigenvalue weighted by molar-refractivity contribution is 9.10. The minimum atomic E-state index is 0.482. The third-order valence-electron chi connectivity index (χ3n) is 2.81. The second-order valence-electron chi connectivity index (χ2n) is 4.24. The molecule has 0 aliphatic carbocycles. The van der Waals surface area contributed by atoms with Crippen LogP contribution >= 0.6 is 15.9 Å². The van der Waals surface area contributed by atoms with Crippen molar-refractivity contribution < 1.29 is 0 Å². The van der Waals surface area contributed by atoms with Crippen LogP contribution in [0.2, 0.25) is 0 Å². The van der Waals surface area contributed by atoms with Crippen molar-refractivity contribution in [3.8, 4) is 0 Å². The number of nitrogens with zero attached hydrogens (tertiary/aromatic N) is 2. The Morgan fingerprint density at radius 1 is 1.41 bits per heavy atom. The van der Waals surface area contributed by atoms with Crippen LogP contribution in [0.5, 0.6) is 0 Å². The molecular weight excluding hydrogens is 280 g/mol. The molecule has 1 aromatic rings. The molecule has 3 N–H and O–H groups in total. The zero-order chi connectivity index (χ0) is 12.7. The molecular formula is C12H21BrN4. The third kappa shape index (κ3) is 5.35. The number of anilines is 2. The number of rotatable bonds is 7. The van der Waals surface area contributed by atoms with Gasteiger partial charge in [0.25, 0.3) is 0 Å². The molecule has 5 heteroatoms. The number of hydrogen-bond donors (Lipinski definition) is 2. The maximum Gasteiger partial charge on any atom is 0.225 e. The lowest BCUT2D eigenvalue weighted by molar-refractivity contribution is 0.472. The van der Waals surface area contributed by atoms with E-state index in [1.165, 1.54) is 25.7 Å². The molecule has 0 amide bonds. The Bertz CT molecular complexity index is 323. The predicted octanol–water partition coefficient (Wildman–Crippen LogP) is 3.45. The van der Waals surface area contributed by atoms with Gasteiger partial charge in [0.05, 0.1) is 0 Å². The van der Waals surface area contributed by atoms with Gasteiger partial charge in [0, 0.05) is 12.6 Å². The molecule has 4 nitrogen and oxygen atoms in total. The van der Waals surface area contributed by atoms with E-state index in [0.717, 1.165) is 6.54 Å². The molecule has 1 atom stereocenters. The molecule has 0 bridgehead atoms. The quantitative estimate of drug-likeness (QED) is 0.757. The zero-order valence-corrected chi connectivity index (χ0v) is 12.1. The van der Waals surface area contributed by atoms with Gasteiger partial charge >= 0.3 is 0 Å². The standard InChI is InChI=1S/C12H21BrN4/c1-3-5-6-9(4-2)8-15-12-16-10(13)7-11(14)17-12/h7,9H,3-6,8H2,1-2H3,(H3,14,15,16,17). The Morgan fingerprint density at radius 3 is 2.76 bits per heavy atom. The topological polar surface area (TPSA) is 63.8 Å². The summed E-state index contributed by atoms with van der Waals surface area (Å²) in [6.07, 6.45) is 4.96. The fraction of sp³-hybridized carbons (Fsp3) is 0.667. The lowest BCUT2D eigenvalue weighted by Gasteiger charge is -2.15. The van der Waals surface area contributed by atoms with E-state index in [2.05, 4.69) is 45.1 Å². The van der Waals surface area contributed by atoms with Crippen LogP contribution in [0, 0.1) is 5.92 Å². The van der Waals surface area contributed by atoms with Crippen molar-refractivity contribution in [1.29, 1.82) is 0 Å². The molecule has 0 aromatic carbocycles. The Morgan fingerprint density at radius 2 is 2.18 bits per heavy atom. The smallest absolute Gasteiger partial charge is 0.225 e. The fourth-order valence-electron chi connectivity index (χ4n) is 1.69. The minimum absolute atomic E-state index is 0.482. The van der Waals surface area contributed by atoms with E-state index < -0.39 is 0 Å². The summed E-state index contributed by atoms with van der Waals surface area (Å²) in [4.78, 5) is 8.38. The van der Waals surface area contributed by atoms with Crippen LogP contribution in [0.25, 0.3) is 0 Å². The maximum absolute atomic E-state index is 5.66. The fourth-order valence-corrected chi connectivity index (χ4v) is 2.10. The minimum Gasteiger partial charge on any atom is -0.383 e. The predicted molar refractivity (Wildman–Crippen MR) is 75.9 cm³/mol. The summed E-state index contributed by atoms with van der Waals surface area (Å²) in [6, 6.07) is 1.69. The Hall–Kier alpha value is -0.840. The molecule has 1 rings (SSSR count). The summed E-state index contributed by atoms with van der Waals surface area (Å²) in [5.74, 6) is 1.77. The first kappa shape index (κ1) is 14.2. The van der Waals surface area contributed by atoms with Crippen molar-refractivity contribution in [3.05, 3.63) is 10.7 Å². The second kappa shape index (κ2) is 7.48. The molecule has 0 aliphatic rings. The SMILES string of the molecule is CCCCC(CC)CNc1nc(N)cc(Br)n1. The Labute approximate surface area is 112 Å². The Kier molecular flexibility index (Phi) is 6.26. The van der Waals surface area contributed by atoms with Crippen molar-refractivity contribution in [3.63, 3.8) is 0 Å². The van der Waals surface area contributed by atoms with Gasteiger partial charge in [-0.15, -0.1) is 0 Å². The van der Waals surface area contributed by atoms with E-state index in [1.54, 1.807) is 6.07 Å². The van der Waals surface area contributed by atoms with Crippen LogP contribution in [0.1, 0.15) is 39.5 Å². The lowest BCUT2D eigenvalue weighted by atomic mass is 9.99. The molecule has 96 valence electrons.